The molecule has 1 aromatic heterocycles. The van der Waals surface area contributed by atoms with Crippen LogP contribution in [0.5, 0.6) is 5.75 Å². The lowest BCUT2D eigenvalue weighted by Crippen LogP contribution is -2.38. The topological polar surface area (TPSA) is 84.6 Å². The van der Waals surface area contributed by atoms with Crippen molar-refractivity contribution < 1.29 is 13.7 Å². The number of halogens is 1. The van der Waals surface area contributed by atoms with Crippen molar-refractivity contribution in [3.05, 3.63) is 41.3 Å². The molecule has 0 bridgehead atoms. The predicted molar refractivity (Wildman–Crippen MR) is 88.4 cm³/mol. The van der Waals surface area contributed by atoms with Gasteiger partial charge in [-0.3, -0.25) is 0 Å². The molecule has 0 aliphatic carbocycles. The molecule has 0 fully saturated rings. The summed E-state index contributed by atoms with van der Waals surface area (Å²) in [5.74, 6) is 1.42. The first-order valence-corrected chi connectivity index (χ1v) is 7.71. The second-order valence-electron chi connectivity index (χ2n) is 5.18. The van der Waals surface area contributed by atoms with Crippen LogP contribution in [0, 0.1) is 12.7 Å². The molecule has 1 atom stereocenters. The minimum Gasteiger partial charge on any atom is -0.494 e. The second-order valence-corrected chi connectivity index (χ2v) is 5.18. The highest BCUT2D eigenvalue weighted by Gasteiger charge is 2.11. The van der Waals surface area contributed by atoms with E-state index in [0.29, 0.717) is 24.2 Å². The Bertz CT molecular complexity index is 702. The number of guanidine groups is 1. The SMILES string of the molecule is CCNC(=NCc1noc(C)n1)NC(C)c1ccc(OC)c(F)c1. The van der Waals surface area contributed by atoms with Crippen LogP contribution in [0.4, 0.5) is 4.39 Å². The van der Waals surface area contributed by atoms with E-state index in [1.807, 2.05) is 19.9 Å². The standard InChI is InChI=1S/C16H22FN5O2/c1-5-18-16(19-9-15-21-11(3)24-22-15)20-10(2)12-6-7-14(23-4)13(17)8-12/h6-8,10H,5,9H2,1-4H3,(H2,18,19,20). The summed E-state index contributed by atoms with van der Waals surface area (Å²) < 4.78 is 23.7. The fraction of sp³-hybridized carbons (Fsp3) is 0.438. The van der Waals surface area contributed by atoms with E-state index in [1.54, 1.807) is 13.0 Å². The van der Waals surface area contributed by atoms with Crippen molar-refractivity contribution in [3.8, 4) is 5.75 Å². The fourth-order valence-electron chi connectivity index (χ4n) is 2.12. The Hall–Kier alpha value is -2.64. The van der Waals surface area contributed by atoms with Crippen LogP contribution in [0.3, 0.4) is 0 Å². The lowest BCUT2D eigenvalue weighted by Gasteiger charge is -2.18. The van der Waals surface area contributed by atoms with E-state index in [9.17, 15) is 4.39 Å². The van der Waals surface area contributed by atoms with Gasteiger partial charge in [0.05, 0.1) is 13.2 Å². The average Bonchev–Trinajstić information content (AvgIpc) is 2.98. The molecule has 0 aliphatic heterocycles. The average molecular weight is 335 g/mol. The minimum absolute atomic E-state index is 0.143. The first kappa shape index (κ1) is 17.7. The number of benzene rings is 1. The zero-order chi connectivity index (χ0) is 17.5. The largest absolute Gasteiger partial charge is 0.494 e. The highest BCUT2D eigenvalue weighted by Crippen LogP contribution is 2.21. The third kappa shape index (κ3) is 4.68. The van der Waals surface area contributed by atoms with Gasteiger partial charge in [0.15, 0.2) is 23.4 Å². The van der Waals surface area contributed by atoms with E-state index in [0.717, 1.165) is 5.56 Å². The summed E-state index contributed by atoms with van der Waals surface area (Å²) in [5, 5.41) is 10.2. The van der Waals surface area contributed by atoms with Gasteiger partial charge in [0.2, 0.25) is 5.89 Å². The summed E-state index contributed by atoms with van der Waals surface area (Å²) in [6, 6.07) is 4.72. The van der Waals surface area contributed by atoms with E-state index in [4.69, 9.17) is 9.26 Å². The third-order valence-electron chi connectivity index (χ3n) is 3.32. The zero-order valence-electron chi connectivity index (χ0n) is 14.3. The van der Waals surface area contributed by atoms with Crippen LogP contribution in [-0.4, -0.2) is 29.8 Å². The lowest BCUT2D eigenvalue weighted by molar-refractivity contribution is 0.386. The molecule has 2 N–H and O–H groups in total. The van der Waals surface area contributed by atoms with Crippen LogP contribution in [0.2, 0.25) is 0 Å². The Morgan fingerprint density at radius 3 is 2.83 bits per heavy atom. The molecule has 1 unspecified atom stereocenters. The van der Waals surface area contributed by atoms with Crippen LogP contribution in [0.25, 0.3) is 0 Å². The van der Waals surface area contributed by atoms with E-state index >= 15 is 0 Å². The maximum absolute atomic E-state index is 13.8. The van der Waals surface area contributed by atoms with Crippen molar-refractivity contribution in [2.24, 2.45) is 4.99 Å². The molecule has 0 saturated heterocycles. The van der Waals surface area contributed by atoms with Gasteiger partial charge in [-0.25, -0.2) is 9.38 Å². The van der Waals surface area contributed by atoms with Gasteiger partial charge in [-0.15, -0.1) is 0 Å². The van der Waals surface area contributed by atoms with Gasteiger partial charge < -0.3 is 19.9 Å². The number of ether oxygens (including phenoxy) is 1. The highest BCUT2D eigenvalue weighted by atomic mass is 19.1. The number of rotatable bonds is 6. The Balaban J connectivity index is 2.07. The summed E-state index contributed by atoms with van der Waals surface area (Å²) >= 11 is 0. The van der Waals surface area contributed by atoms with Crippen LogP contribution < -0.4 is 15.4 Å². The summed E-state index contributed by atoms with van der Waals surface area (Å²) in [4.78, 5) is 8.52. The molecule has 24 heavy (non-hydrogen) atoms. The molecule has 1 aromatic carbocycles. The van der Waals surface area contributed by atoms with E-state index in [-0.39, 0.29) is 18.3 Å². The first-order chi connectivity index (χ1) is 11.5. The van der Waals surface area contributed by atoms with Gasteiger partial charge in [-0.05, 0) is 31.5 Å². The number of hydrogen-bond donors (Lipinski definition) is 2. The van der Waals surface area contributed by atoms with Crippen molar-refractivity contribution in [1.82, 2.24) is 20.8 Å². The van der Waals surface area contributed by atoms with Gasteiger partial charge >= 0.3 is 0 Å². The molecule has 0 amide bonds. The van der Waals surface area contributed by atoms with Gasteiger partial charge in [-0.1, -0.05) is 11.2 Å². The molecule has 0 saturated carbocycles. The maximum atomic E-state index is 13.8. The molecule has 0 spiro atoms. The van der Waals surface area contributed by atoms with Crippen molar-refractivity contribution in [2.45, 2.75) is 33.4 Å². The Morgan fingerprint density at radius 1 is 1.46 bits per heavy atom. The molecule has 0 aliphatic rings. The van der Waals surface area contributed by atoms with Crippen molar-refractivity contribution in [1.29, 1.82) is 0 Å². The molecule has 2 aromatic rings. The zero-order valence-corrected chi connectivity index (χ0v) is 14.3. The van der Waals surface area contributed by atoms with Crippen LogP contribution in [-0.2, 0) is 6.54 Å². The molecule has 1 heterocycles. The molecular weight excluding hydrogens is 313 g/mol. The van der Waals surface area contributed by atoms with Crippen LogP contribution >= 0.6 is 0 Å². The summed E-state index contributed by atoms with van der Waals surface area (Å²) in [5.41, 5.74) is 0.786. The summed E-state index contributed by atoms with van der Waals surface area (Å²) in [6.45, 7) is 6.60. The Kier molecular flexibility index (Phi) is 6.11. The monoisotopic (exact) mass is 335 g/mol. The number of aromatic nitrogens is 2. The van der Waals surface area contributed by atoms with Crippen molar-refractivity contribution >= 4 is 5.96 Å². The van der Waals surface area contributed by atoms with Crippen molar-refractivity contribution in [2.75, 3.05) is 13.7 Å². The normalized spacial score (nSPS) is 12.8. The second kappa shape index (κ2) is 8.28. The Labute approximate surface area is 140 Å². The Morgan fingerprint density at radius 2 is 2.25 bits per heavy atom. The smallest absolute Gasteiger partial charge is 0.223 e. The number of nitrogens with one attached hydrogen (secondary N) is 2. The van der Waals surface area contributed by atoms with Crippen molar-refractivity contribution in [3.63, 3.8) is 0 Å². The molecule has 2 rings (SSSR count). The first-order valence-electron chi connectivity index (χ1n) is 7.71. The molecule has 130 valence electrons. The number of aryl methyl sites for hydroxylation is 1. The van der Waals surface area contributed by atoms with Crippen LogP contribution in [0.15, 0.2) is 27.7 Å². The van der Waals surface area contributed by atoms with Gasteiger partial charge in [-0.2, -0.15) is 4.98 Å². The van der Waals surface area contributed by atoms with Gasteiger partial charge in [0.25, 0.3) is 0 Å². The lowest BCUT2D eigenvalue weighted by atomic mass is 10.1. The highest BCUT2D eigenvalue weighted by molar-refractivity contribution is 5.80. The number of nitrogens with zero attached hydrogens (tertiary/aromatic N) is 3. The maximum Gasteiger partial charge on any atom is 0.223 e. The third-order valence-corrected chi connectivity index (χ3v) is 3.32. The van der Waals surface area contributed by atoms with E-state index in [2.05, 4.69) is 25.8 Å². The van der Waals surface area contributed by atoms with Gasteiger partial charge in [0.1, 0.15) is 6.54 Å². The minimum atomic E-state index is -0.395. The van der Waals surface area contributed by atoms with E-state index in [1.165, 1.54) is 13.2 Å². The predicted octanol–water partition coefficient (Wildman–Crippen LogP) is 2.34. The summed E-state index contributed by atoms with van der Waals surface area (Å²) in [6.07, 6.45) is 0. The molecule has 8 heteroatoms. The fourth-order valence-corrected chi connectivity index (χ4v) is 2.12. The molecule has 7 nitrogen and oxygen atoms in total. The summed E-state index contributed by atoms with van der Waals surface area (Å²) in [7, 11) is 1.44. The van der Waals surface area contributed by atoms with E-state index < -0.39 is 5.82 Å². The van der Waals surface area contributed by atoms with Gasteiger partial charge in [0, 0.05) is 13.5 Å². The molecule has 0 radical (unpaired) electrons. The number of hydrogen-bond acceptors (Lipinski definition) is 5. The van der Waals surface area contributed by atoms with Crippen LogP contribution in [0.1, 0.15) is 37.2 Å². The number of aliphatic imine (C=N–C) groups is 1. The molecular formula is C16H22FN5O2. The number of methoxy groups -OCH3 is 1. The quantitative estimate of drug-likeness (QED) is 0.623.